The van der Waals surface area contributed by atoms with Gasteiger partial charge in [0.05, 0.1) is 5.54 Å². The van der Waals surface area contributed by atoms with Gasteiger partial charge in [-0.2, -0.15) is 0 Å². The zero-order chi connectivity index (χ0) is 12.9. The van der Waals surface area contributed by atoms with Crippen LogP contribution in [0, 0.1) is 0 Å². The molecule has 17 heavy (non-hydrogen) atoms. The van der Waals surface area contributed by atoms with E-state index in [2.05, 4.69) is 18.4 Å². The second-order valence-corrected chi connectivity index (χ2v) is 5.05. The number of amides is 1. The number of hydrogen-bond acceptors (Lipinski definition) is 3. The van der Waals surface area contributed by atoms with Crippen LogP contribution in [0.2, 0.25) is 0 Å². The number of carbonyl (C=O) groups excluding carboxylic acids is 1. The molecular weight excluding hydrogens is 214 g/mol. The lowest BCUT2D eigenvalue weighted by Crippen LogP contribution is -2.58. The van der Waals surface area contributed by atoms with E-state index < -0.39 is 5.54 Å². The van der Waals surface area contributed by atoms with Gasteiger partial charge in [0.15, 0.2) is 0 Å². The summed E-state index contributed by atoms with van der Waals surface area (Å²) < 4.78 is 0. The van der Waals surface area contributed by atoms with Gasteiger partial charge in [-0.3, -0.25) is 9.69 Å². The predicted octanol–water partition coefficient (Wildman–Crippen LogP) is 0.834. The summed E-state index contributed by atoms with van der Waals surface area (Å²) in [6.45, 7) is 11.9. The van der Waals surface area contributed by atoms with Gasteiger partial charge in [-0.1, -0.05) is 19.4 Å². The Morgan fingerprint density at radius 1 is 1.41 bits per heavy atom. The Kier molecular flexibility index (Phi) is 5.15. The normalized spacial score (nSPS) is 21.0. The Morgan fingerprint density at radius 2 is 2.00 bits per heavy atom. The topological polar surface area (TPSA) is 49.6 Å². The molecule has 0 aromatic carbocycles. The number of nitrogens with two attached hydrogens (primary N) is 1. The lowest BCUT2D eigenvalue weighted by atomic mass is 9.95. The van der Waals surface area contributed by atoms with Gasteiger partial charge in [0.1, 0.15) is 0 Å². The van der Waals surface area contributed by atoms with Gasteiger partial charge < -0.3 is 10.6 Å². The molecule has 4 nitrogen and oxygen atoms in total. The zero-order valence-corrected chi connectivity index (χ0v) is 11.1. The van der Waals surface area contributed by atoms with Gasteiger partial charge in [-0.05, 0) is 13.3 Å². The van der Waals surface area contributed by atoms with Crippen molar-refractivity contribution in [1.29, 1.82) is 0 Å². The molecular formula is C13H25N3O. The molecule has 4 heteroatoms. The minimum atomic E-state index is -0.699. The van der Waals surface area contributed by atoms with Crippen LogP contribution < -0.4 is 5.73 Å². The standard InChI is InChI=1S/C13H25N3O/c1-4-6-13(3,14)12(17)16-10-8-15(7-5-2)9-11-16/h5H,2,4,6-11,14H2,1,3H3. The van der Waals surface area contributed by atoms with Crippen molar-refractivity contribution >= 4 is 5.91 Å². The summed E-state index contributed by atoms with van der Waals surface area (Å²) in [5.41, 5.74) is 5.37. The van der Waals surface area contributed by atoms with Crippen LogP contribution in [0.25, 0.3) is 0 Å². The molecule has 0 aromatic rings. The van der Waals surface area contributed by atoms with Crippen LogP contribution in [-0.4, -0.2) is 54.0 Å². The van der Waals surface area contributed by atoms with Crippen LogP contribution in [0.15, 0.2) is 12.7 Å². The average molecular weight is 239 g/mol. The first-order valence-electron chi connectivity index (χ1n) is 6.42. The van der Waals surface area contributed by atoms with Crippen LogP contribution in [0.4, 0.5) is 0 Å². The lowest BCUT2D eigenvalue weighted by Gasteiger charge is -2.38. The molecule has 0 bridgehead atoms. The molecule has 1 aliphatic rings. The van der Waals surface area contributed by atoms with Gasteiger partial charge in [-0.15, -0.1) is 6.58 Å². The Hall–Kier alpha value is -0.870. The lowest BCUT2D eigenvalue weighted by molar-refractivity contribution is -0.138. The van der Waals surface area contributed by atoms with Crippen molar-refractivity contribution in [2.75, 3.05) is 32.7 Å². The monoisotopic (exact) mass is 239 g/mol. The van der Waals surface area contributed by atoms with E-state index in [1.807, 2.05) is 17.9 Å². The van der Waals surface area contributed by atoms with Gasteiger partial charge in [0.25, 0.3) is 0 Å². The SMILES string of the molecule is C=CCN1CCN(C(=O)C(C)(N)CCC)CC1. The molecule has 0 saturated carbocycles. The summed E-state index contributed by atoms with van der Waals surface area (Å²) >= 11 is 0. The summed E-state index contributed by atoms with van der Waals surface area (Å²) in [5, 5.41) is 0. The third kappa shape index (κ3) is 3.82. The number of nitrogens with zero attached hydrogens (tertiary/aromatic N) is 2. The smallest absolute Gasteiger partial charge is 0.242 e. The minimum absolute atomic E-state index is 0.0950. The maximum Gasteiger partial charge on any atom is 0.242 e. The fraction of sp³-hybridized carbons (Fsp3) is 0.769. The van der Waals surface area contributed by atoms with Crippen LogP contribution in [0.1, 0.15) is 26.7 Å². The average Bonchev–Trinajstić information content (AvgIpc) is 2.29. The highest BCUT2D eigenvalue weighted by Gasteiger charge is 2.33. The molecule has 0 spiro atoms. The van der Waals surface area contributed by atoms with Gasteiger partial charge >= 0.3 is 0 Å². The van der Waals surface area contributed by atoms with Gasteiger partial charge in [-0.25, -0.2) is 0 Å². The van der Waals surface area contributed by atoms with Crippen molar-refractivity contribution in [3.05, 3.63) is 12.7 Å². The highest BCUT2D eigenvalue weighted by Crippen LogP contribution is 2.14. The van der Waals surface area contributed by atoms with Crippen molar-refractivity contribution in [2.45, 2.75) is 32.2 Å². The minimum Gasteiger partial charge on any atom is -0.339 e. The molecule has 1 unspecified atom stereocenters. The molecule has 1 aliphatic heterocycles. The molecule has 1 rings (SSSR count). The molecule has 0 aliphatic carbocycles. The highest BCUT2D eigenvalue weighted by atomic mass is 16.2. The molecule has 1 fully saturated rings. The number of hydrogen-bond donors (Lipinski definition) is 1. The van der Waals surface area contributed by atoms with Crippen molar-refractivity contribution in [3.8, 4) is 0 Å². The van der Waals surface area contributed by atoms with Crippen LogP contribution in [0.3, 0.4) is 0 Å². The molecule has 1 heterocycles. The second kappa shape index (κ2) is 6.17. The number of carbonyl (C=O) groups is 1. The van der Waals surface area contributed by atoms with Crippen molar-refractivity contribution in [2.24, 2.45) is 5.73 Å². The highest BCUT2D eigenvalue weighted by molar-refractivity contribution is 5.85. The molecule has 0 aromatic heterocycles. The van der Waals surface area contributed by atoms with E-state index in [0.29, 0.717) is 0 Å². The van der Waals surface area contributed by atoms with Crippen LogP contribution in [0.5, 0.6) is 0 Å². The van der Waals surface area contributed by atoms with Crippen LogP contribution >= 0.6 is 0 Å². The number of piperazine rings is 1. The van der Waals surface area contributed by atoms with E-state index in [4.69, 9.17) is 5.73 Å². The summed E-state index contributed by atoms with van der Waals surface area (Å²) in [6, 6.07) is 0. The Morgan fingerprint density at radius 3 is 2.47 bits per heavy atom. The largest absolute Gasteiger partial charge is 0.339 e. The fourth-order valence-corrected chi connectivity index (χ4v) is 2.30. The Balaban J connectivity index is 2.48. The number of rotatable bonds is 5. The summed E-state index contributed by atoms with van der Waals surface area (Å²) in [6.07, 6.45) is 3.59. The van der Waals surface area contributed by atoms with Gasteiger partial charge in [0, 0.05) is 32.7 Å². The molecule has 2 N–H and O–H groups in total. The summed E-state index contributed by atoms with van der Waals surface area (Å²) in [5.74, 6) is 0.0950. The third-order valence-electron chi connectivity index (χ3n) is 3.30. The van der Waals surface area contributed by atoms with E-state index in [-0.39, 0.29) is 5.91 Å². The molecule has 1 saturated heterocycles. The quantitative estimate of drug-likeness (QED) is 0.723. The first kappa shape index (κ1) is 14.2. The first-order valence-corrected chi connectivity index (χ1v) is 6.42. The molecule has 98 valence electrons. The van der Waals surface area contributed by atoms with Crippen molar-refractivity contribution in [3.63, 3.8) is 0 Å². The second-order valence-electron chi connectivity index (χ2n) is 5.05. The first-order chi connectivity index (χ1) is 8.01. The Labute approximate surface area is 104 Å². The third-order valence-corrected chi connectivity index (χ3v) is 3.30. The van der Waals surface area contributed by atoms with Crippen molar-refractivity contribution in [1.82, 2.24) is 9.80 Å². The fourth-order valence-electron chi connectivity index (χ4n) is 2.30. The molecule has 0 radical (unpaired) electrons. The van der Waals surface area contributed by atoms with Crippen molar-refractivity contribution < 1.29 is 4.79 Å². The van der Waals surface area contributed by atoms with E-state index >= 15 is 0 Å². The predicted molar refractivity (Wildman–Crippen MR) is 70.7 cm³/mol. The van der Waals surface area contributed by atoms with Gasteiger partial charge in [0.2, 0.25) is 5.91 Å². The summed E-state index contributed by atoms with van der Waals surface area (Å²) in [4.78, 5) is 16.4. The van der Waals surface area contributed by atoms with E-state index in [1.165, 1.54) is 0 Å². The maximum atomic E-state index is 12.2. The van der Waals surface area contributed by atoms with E-state index in [1.54, 1.807) is 0 Å². The van der Waals surface area contributed by atoms with E-state index in [9.17, 15) is 4.79 Å². The molecule has 1 amide bonds. The molecule has 1 atom stereocenters. The Bertz CT molecular complexity index is 268. The van der Waals surface area contributed by atoms with E-state index in [0.717, 1.165) is 45.6 Å². The summed E-state index contributed by atoms with van der Waals surface area (Å²) in [7, 11) is 0. The zero-order valence-electron chi connectivity index (χ0n) is 11.1. The van der Waals surface area contributed by atoms with Crippen LogP contribution in [-0.2, 0) is 4.79 Å². The maximum absolute atomic E-state index is 12.2.